The molecule has 0 aliphatic heterocycles. The number of hydrogen-bond acceptors (Lipinski definition) is 5. The summed E-state index contributed by atoms with van der Waals surface area (Å²) in [6, 6.07) is 0.184. The Labute approximate surface area is 115 Å². The third-order valence-corrected chi connectivity index (χ3v) is 3.70. The summed E-state index contributed by atoms with van der Waals surface area (Å²) in [5.41, 5.74) is 0. The Kier molecular flexibility index (Phi) is 5.34. The van der Waals surface area contributed by atoms with Crippen LogP contribution in [0.4, 0.5) is 0 Å². The predicted molar refractivity (Wildman–Crippen MR) is 72.8 cm³/mol. The van der Waals surface area contributed by atoms with Crippen molar-refractivity contribution in [3.63, 3.8) is 0 Å². The molecule has 0 saturated heterocycles. The SMILES string of the molecule is CCNC(CC)c1nnc(CC2CC(OCC)C2)o1. The summed E-state index contributed by atoms with van der Waals surface area (Å²) >= 11 is 0. The molecule has 2 rings (SSSR count). The van der Waals surface area contributed by atoms with Crippen molar-refractivity contribution in [2.45, 2.75) is 58.6 Å². The highest BCUT2D eigenvalue weighted by atomic mass is 16.5. The van der Waals surface area contributed by atoms with E-state index < -0.39 is 0 Å². The maximum Gasteiger partial charge on any atom is 0.233 e. The molecule has 0 bridgehead atoms. The minimum atomic E-state index is 0.184. The van der Waals surface area contributed by atoms with Gasteiger partial charge >= 0.3 is 0 Å². The molecule has 108 valence electrons. The molecular formula is C14H25N3O2. The van der Waals surface area contributed by atoms with Crippen molar-refractivity contribution in [2.24, 2.45) is 5.92 Å². The molecule has 1 aromatic heterocycles. The summed E-state index contributed by atoms with van der Waals surface area (Å²) in [7, 11) is 0. The Balaban J connectivity index is 1.81. The molecule has 1 N–H and O–H groups in total. The monoisotopic (exact) mass is 267 g/mol. The molecule has 1 unspecified atom stereocenters. The molecule has 0 aromatic carbocycles. The Bertz CT molecular complexity index is 375. The molecule has 1 aliphatic rings. The van der Waals surface area contributed by atoms with Gasteiger partial charge in [0.15, 0.2) is 0 Å². The maximum atomic E-state index is 5.77. The molecule has 1 saturated carbocycles. The number of hydrogen-bond donors (Lipinski definition) is 1. The minimum Gasteiger partial charge on any atom is -0.424 e. The summed E-state index contributed by atoms with van der Waals surface area (Å²) in [6.45, 7) is 7.97. The predicted octanol–water partition coefficient (Wildman–Crippen LogP) is 2.49. The Hall–Kier alpha value is -0.940. The molecule has 1 aliphatic carbocycles. The van der Waals surface area contributed by atoms with E-state index in [1.807, 2.05) is 6.92 Å². The minimum absolute atomic E-state index is 0.184. The van der Waals surface area contributed by atoms with Gasteiger partial charge in [0.1, 0.15) is 0 Å². The summed E-state index contributed by atoms with van der Waals surface area (Å²) in [6.07, 6.45) is 4.54. The van der Waals surface area contributed by atoms with Crippen molar-refractivity contribution in [2.75, 3.05) is 13.2 Å². The van der Waals surface area contributed by atoms with Crippen LogP contribution in [0.15, 0.2) is 4.42 Å². The number of nitrogens with zero attached hydrogens (tertiary/aromatic N) is 2. The van der Waals surface area contributed by atoms with Crippen LogP contribution in [-0.4, -0.2) is 29.5 Å². The zero-order valence-corrected chi connectivity index (χ0v) is 12.2. The summed E-state index contributed by atoms with van der Waals surface area (Å²) in [5, 5.41) is 11.7. The Morgan fingerprint density at radius 3 is 2.74 bits per heavy atom. The van der Waals surface area contributed by atoms with Gasteiger partial charge in [0.05, 0.1) is 12.1 Å². The standard InChI is InChI=1S/C14H25N3O2/c1-4-12(15-5-2)14-17-16-13(19-14)9-10-7-11(8-10)18-6-3/h10-12,15H,4-9H2,1-3H3. The summed E-state index contributed by atoms with van der Waals surface area (Å²) in [5.74, 6) is 2.13. The molecule has 1 aromatic rings. The van der Waals surface area contributed by atoms with Crippen molar-refractivity contribution in [1.29, 1.82) is 0 Å². The van der Waals surface area contributed by atoms with E-state index in [-0.39, 0.29) is 6.04 Å². The normalized spacial score (nSPS) is 24.2. The molecule has 19 heavy (non-hydrogen) atoms. The van der Waals surface area contributed by atoms with Crippen molar-refractivity contribution >= 4 is 0 Å². The van der Waals surface area contributed by atoms with Gasteiger partial charge in [-0.15, -0.1) is 10.2 Å². The number of rotatable bonds is 8. The first-order valence-electron chi connectivity index (χ1n) is 7.44. The lowest BCUT2D eigenvalue weighted by Crippen LogP contribution is -2.32. The van der Waals surface area contributed by atoms with E-state index in [0.29, 0.717) is 12.0 Å². The van der Waals surface area contributed by atoms with E-state index in [1.165, 1.54) is 0 Å². The van der Waals surface area contributed by atoms with Crippen LogP contribution in [0, 0.1) is 5.92 Å². The van der Waals surface area contributed by atoms with Crippen molar-refractivity contribution in [1.82, 2.24) is 15.5 Å². The second kappa shape index (κ2) is 7.01. The fourth-order valence-electron chi connectivity index (χ4n) is 2.60. The van der Waals surface area contributed by atoms with E-state index in [0.717, 1.165) is 50.6 Å². The van der Waals surface area contributed by atoms with Gasteiger partial charge in [-0.05, 0) is 38.6 Å². The molecule has 0 radical (unpaired) electrons. The van der Waals surface area contributed by atoms with E-state index >= 15 is 0 Å². The van der Waals surface area contributed by atoms with Crippen LogP contribution in [-0.2, 0) is 11.2 Å². The molecule has 0 spiro atoms. The van der Waals surface area contributed by atoms with Crippen molar-refractivity contribution in [3.8, 4) is 0 Å². The zero-order chi connectivity index (χ0) is 13.7. The first kappa shape index (κ1) is 14.5. The summed E-state index contributed by atoms with van der Waals surface area (Å²) < 4.78 is 11.3. The molecule has 1 fully saturated rings. The lowest BCUT2D eigenvalue weighted by Gasteiger charge is -2.34. The van der Waals surface area contributed by atoms with E-state index in [4.69, 9.17) is 9.15 Å². The Morgan fingerprint density at radius 2 is 2.11 bits per heavy atom. The Morgan fingerprint density at radius 1 is 1.32 bits per heavy atom. The van der Waals surface area contributed by atoms with Crippen LogP contribution in [0.25, 0.3) is 0 Å². The van der Waals surface area contributed by atoms with E-state index in [2.05, 4.69) is 29.4 Å². The largest absolute Gasteiger partial charge is 0.424 e. The third kappa shape index (κ3) is 3.76. The van der Waals surface area contributed by atoms with Crippen LogP contribution >= 0.6 is 0 Å². The van der Waals surface area contributed by atoms with E-state index in [9.17, 15) is 0 Å². The zero-order valence-electron chi connectivity index (χ0n) is 12.2. The highest BCUT2D eigenvalue weighted by Gasteiger charge is 2.31. The van der Waals surface area contributed by atoms with Gasteiger partial charge in [0.2, 0.25) is 11.8 Å². The van der Waals surface area contributed by atoms with Gasteiger partial charge in [-0.2, -0.15) is 0 Å². The van der Waals surface area contributed by atoms with Crippen LogP contribution in [0.1, 0.15) is 57.9 Å². The molecular weight excluding hydrogens is 242 g/mol. The number of nitrogens with one attached hydrogen (secondary N) is 1. The van der Waals surface area contributed by atoms with Crippen molar-refractivity contribution in [3.05, 3.63) is 11.8 Å². The molecule has 0 amide bonds. The van der Waals surface area contributed by atoms with Gasteiger partial charge < -0.3 is 14.5 Å². The van der Waals surface area contributed by atoms with Crippen LogP contribution in [0.3, 0.4) is 0 Å². The molecule has 5 heteroatoms. The summed E-state index contributed by atoms with van der Waals surface area (Å²) in [4.78, 5) is 0. The number of aromatic nitrogens is 2. The average molecular weight is 267 g/mol. The van der Waals surface area contributed by atoms with Gasteiger partial charge in [-0.25, -0.2) is 0 Å². The van der Waals surface area contributed by atoms with Crippen LogP contribution < -0.4 is 5.32 Å². The highest BCUT2D eigenvalue weighted by molar-refractivity contribution is 4.93. The first-order chi connectivity index (χ1) is 9.26. The van der Waals surface area contributed by atoms with Gasteiger partial charge in [0.25, 0.3) is 0 Å². The quantitative estimate of drug-likeness (QED) is 0.784. The average Bonchev–Trinajstić information content (AvgIpc) is 2.82. The first-order valence-corrected chi connectivity index (χ1v) is 7.44. The van der Waals surface area contributed by atoms with Gasteiger partial charge in [0, 0.05) is 13.0 Å². The highest BCUT2D eigenvalue weighted by Crippen LogP contribution is 2.32. The topological polar surface area (TPSA) is 60.2 Å². The molecule has 1 heterocycles. The molecule has 1 atom stereocenters. The van der Waals surface area contributed by atoms with E-state index in [1.54, 1.807) is 0 Å². The third-order valence-electron chi connectivity index (χ3n) is 3.70. The fraction of sp³-hybridized carbons (Fsp3) is 0.857. The van der Waals surface area contributed by atoms with Gasteiger partial charge in [-0.1, -0.05) is 13.8 Å². The molecule has 5 nitrogen and oxygen atoms in total. The smallest absolute Gasteiger partial charge is 0.233 e. The van der Waals surface area contributed by atoms with Crippen molar-refractivity contribution < 1.29 is 9.15 Å². The van der Waals surface area contributed by atoms with Crippen LogP contribution in [0.5, 0.6) is 0 Å². The van der Waals surface area contributed by atoms with Gasteiger partial charge in [-0.3, -0.25) is 0 Å². The lowest BCUT2D eigenvalue weighted by atomic mass is 9.80. The van der Waals surface area contributed by atoms with Crippen LogP contribution in [0.2, 0.25) is 0 Å². The lowest BCUT2D eigenvalue weighted by molar-refractivity contribution is -0.0256. The fourth-order valence-corrected chi connectivity index (χ4v) is 2.60. The second-order valence-electron chi connectivity index (χ2n) is 5.17. The number of ether oxygens (including phenoxy) is 1. The second-order valence-corrected chi connectivity index (χ2v) is 5.17. The maximum absolute atomic E-state index is 5.77.